The first-order chi connectivity index (χ1) is 17.5. The first-order valence-corrected chi connectivity index (χ1v) is 13.9. The van der Waals surface area contributed by atoms with Crippen molar-refractivity contribution in [2.75, 3.05) is 11.9 Å². The molecule has 0 saturated carbocycles. The number of pyridine rings is 1. The second kappa shape index (κ2) is 10.5. The minimum absolute atomic E-state index is 0.261. The molecule has 7 heteroatoms. The van der Waals surface area contributed by atoms with Gasteiger partial charge >= 0.3 is 5.97 Å². The van der Waals surface area contributed by atoms with Crippen LogP contribution in [0.4, 0.5) is 5.00 Å². The highest BCUT2D eigenvalue weighted by Gasteiger charge is 2.30. The van der Waals surface area contributed by atoms with Crippen LogP contribution in [0.25, 0.3) is 22.2 Å². The maximum absolute atomic E-state index is 13.7. The number of halogens is 1. The van der Waals surface area contributed by atoms with Crippen LogP contribution in [-0.4, -0.2) is 23.5 Å². The summed E-state index contributed by atoms with van der Waals surface area (Å²) in [6.45, 7) is 4.30. The molecule has 36 heavy (non-hydrogen) atoms. The number of para-hydroxylation sites is 1. The van der Waals surface area contributed by atoms with E-state index in [0.717, 1.165) is 52.2 Å². The van der Waals surface area contributed by atoms with Crippen LogP contribution < -0.4 is 5.32 Å². The SMILES string of the molecule is CCOC(=O)c1c(NC(=O)c2cc(-c3ccc(Br)cc3)nc3ccccc23)sc2c1CC[C@H](CC)C2. The fourth-order valence-corrected chi connectivity index (χ4v) is 6.42. The molecule has 0 radical (unpaired) electrons. The standard InChI is InChI=1S/C29H27BrN2O3S/c1-3-17-9-14-21-25(15-17)36-28(26(21)29(34)35-4-2)32-27(33)22-16-24(18-10-12-19(30)13-11-18)31-23-8-6-5-7-20(22)23/h5-8,10-13,16-17H,3-4,9,14-15H2,1-2H3,(H,32,33)/t17-/m0/s1. The smallest absolute Gasteiger partial charge is 0.341 e. The van der Waals surface area contributed by atoms with Gasteiger partial charge in [0.2, 0.25) is 0 Å². The van der Waals surface area contributed by atoms with Gasteiger partial charge in [0.25, 0.3) is 5.91 Å². The van der Waals surface area contributed by atoms with Crippen molar-refractivity contribution in [2.45, 2.75) is 39.5 Å². The second-order valence-electron chi connectivity index (χ2n) is 8.98. The number of benzene rings is 2. The van der Waals surface area contributed by atoms with Gasteiger partial charge in [-0.25, -0.2) is 9.78 Å². The lowest BCUT2D eigenvalue weighted by molar-refractivity contribution is 0.0526. The number of amides is 1. The molecule has 1 amide bonds. The van der Waals surface area contributed by atoms with Gasteiger partial charge in [0, 0.05) is 20.3 Å². The Morgan fingerprint density at radius 3 is 2.67 bits per heavy atom. The number of carbonyl (C=O) groups is 2. The van der Waals surface area contributed by atoms with Crippen LogP contribution in [0.1, 0.15) is 57.8 Å². The molecule has 1 aliphatic rings. The normalized spacial score (nSPS) is 14.9. The zero-order valence-electron chi connectivity index (χ0n) is 20.3. The van der Waals surface area contributed by atoms with Gasteiger partial charge in [-0.05, 0) is 61.9 Å². The predicted octanol–water partition coefficient (Wildman–Crippen LogP) is 7.67. The summed E-state index contributed by atoms with van der Waals surface area (Å²) in [5, 5.41) is 4.42. The molecule has 1 aliphatic carbocycles. The van der Waals surface area contributed by atoms with Gasteiger partial charge in [0.15, 0.2) is 0 Å². The third-order valence-electron chi connectivity index (χ3n) is 6.75. The Labute approximate surface area is 223 Å². The summed E-state index contributed by atoms with van der Waals surface area (Å²) in [6, 6.07) is 17.3. The fraction of sp³-hybridized carbons (Fsp3) is 0.276. The minimum Gasteiger partial charge on any atom is -0.462 e. The second-order valence-corrected chi connectivity index (χ2v) is 11.0. The summed E-state index contributed by atoms with van der Waals surface area (Å²) in [7, 11) is 0. The van der Waals surface area contributed by atoms with Gasteiger partial charge in [-0.15, -0.1) is 11.3 Å². The zero-order valence-corrected chi connectivity index (χ0v) is 22.7. The molecule has 2 heterocycles. The predicted molar refractivity (Wildman–Crippen MR) is 149 cm³/mol. The van der Waals surface area contributed by atoms with Crippen LogP contribution in [0.3, 0.4) is 0 Å². The van der Waals surface area contributed by atoms with E-state index in [9.17, 15) is 9.59 Å². The molecule has 1 N–H and O–H groups in total. The Kier molecular flexibility index (Phi) is 7.21. The van der Waals surface area contributed by atoms with Gasteiger partial charge in [-0.1, -0.05) is 59.6 Å². The summed E-state index contributed by atoms with van der Waals surface area (Å²) in [6.07, 6.45) is 3.92. The average molecular weight is 564 g/mol. The van der Waals surface area contributed by atoms with Crippen molar-refractivity contribution in [2.24, 2.45) is 5.92 Å². The Morgan fingerprint density at radius 2 is 1.92 bits per heavy atom. The highest BCUT2D eigenvalue weighted by molar-refractivity contribution is 9.10. The number of anilines is 1. The maximum Gasteiger partial charge on any atom is 0.341 e. The monoisotopic (exact) mass is 562 g/mol. The van der Waals surface area contributed by atoms with Gasteiger partial charge in [-0.3, -0.25) is 4.79 Å². The maximum atomic E-state index is 13.7. The average Bonchev–Trinajstić information content (AvgIpc) is 3.25. The van der Waals surface area contributed by atoms with Gasteiger partial charge < -0.3 is 10.1 Å². The molecular weight excluding hydrogens is 536 g/mol. The molecule has 5 nitrogen and oxygen atoms in total. The third kappa shape index (κ3) is 4.82. The summed E-state index contributed by atoms with van der Waals surface area (Å²) in [4.78, 5) is 32.7. The number of fused-ring (bicyclic) bond motifs is 2. The molecule has 1 atom stereocenters. The first-order valence-electron chi connectivity index (χ1n) is 12.3. The van der Waals surface area contributed by atoms with E-state index in [4.69, 9.17) is 9.72 Å². The molecule has 0 saturated heterocycles. The molecule has 2 aromatic carbocycles. The van der Waals surface area contributed by atoms with Crippen LogP contribution in [-0.2, 0) is 17.6 Å². The van der Waals surface area contributed by atoms with Crippen molar-refractivity contribution in [3.05, 3.63) is 80.6 Å². The van der Waals surface area contributed by atoms with Crippen LogP contribution in [0.5, 0.6) is 0 Å². The van der Waals surface area contributed by atoms with E-state index in [-0.39, 0.29) is 11.9 Å². The lowest BCUT2D eigenvalue weighted by Crippen LogP contribution is -2.17. The number of esters is 1. The molecule has 184 valence electrons. The quantitative estimate of drug-likeness (QED) is 0.245. The van der Waals surface area contributed by atoms with Crippen LogP contribution >= 0.6 is 27.3 Å². The Bertz CT molecular complexity index is 1450. The highest BCUT2D eigenvalue weighted by Crippen LogP contribution is 2.41. The van der Waals surface area contributed by atoms with E-state index in [1.807, 2.05) is 54.6 Å². The van der Waals surface area contributed by atoms with Crippen molar-refractivity contribution in [3.8, 4) is 11.3 Å². The van der Waals surface area contributed by atoms with Crippen LogP contribution in [0.15, 0.2) is 59.1 Å². The molecule has 5 rings (SSSR count). The molecule has 0 spiro atoms. The van der Waals surface area contributed by atoms with E-state index in [0.29, 0.717) is 34.3 Å². The lowest BCUT2D eigenvalue weighted by Gasteiger charge is -2.20. The van der Waals surface area contributed by atoms with Gasteiger partial charge in [0.05, 0.1) is 28.9 Å². The van der Waals surface area contributed by atoms with Crippen molar-refractivity contribution in [1.29, 1.82) is 0 Å². The fourth-order valence-electron chi connectivity index (χ4n) is 4.81. The van der Waals surface area contributed by atoms with E-state index >= 15 is 0 Å². The van der Waals surface area contributed by atoms with E-state index in [1.165, 1.54) is 16.2 Å². The molecule has 0 aliphatic heterocycles. The Balaban J connectivity index is 1.56. The van der Waals surface area contributed by atoms with Gasteiger partial charge in [-0.2, -0.15) is 0 Å². The molecular formula is C29H27BrN2O3S. The Hall–Kier alpha value is -3.03. The van der Waals surface area contributed by atoms with Crippen molar-refractivity contribution in [1.82, 2.24) is 4.98 Å². The van der Waals surface area contributed by atoms with Crippen molar-refractivity contribution >= 4 is 55.0 Å². The number of carbonyl (C=O) groups excluding carboxylic acids is 2. The number of rotatable bonds is 6. The van der Waals surface area contributed by atoms with Crippen molar-refractivity contribution < 1.29 is 14.3 Å². The highest BCUT2D eigenvalue weighted by atomic mass is 79.9. The molecule has 0 unspecified atom stereocenters. The molecule has 4 aromatic rings. The lowest BCUT2D eigenvalue weighted by atomic mass is 9.85. The van der Waals surface area contributed by atoms with Crippen LogP contribution in [0.2, 0.25) is 0 Å². The summed E-state index contributed by atoms with van der Waals surface area (Å²) in [5.41, 5.74) is 4.45. The Morgan fingerprint density at radius 1 is 1.14 bits per heavy atom. The number of thiophene rings is 1. The summed E-state index contributed by atoms with van der Waals surface area (Å²) >= 11 is 4.99. The van der Waals surface area contributed by atoms with Crippen LogP contribution in [0, 0.1) is 5.92 Å². The molecule has 0 fully saturated rings. The third-order valence-corrected chi connectivity index (χ3v) is 8.45. The number of hydrogen-bond donors (Lipinski definition) is 1. The first kappa shape index (κ1) is 24.7. The summed E-state index contributed by atoms with van der Waals surface area (Å²) < 4.78 is 6.37. The van der Waals surface area contributed by atoms with E-state index in [2.05, 4.69) is 28.2 Å². The number of nitrogens with one attached hydrogen (secondary N) is 1. The minimum atomic E-state index is -0.365. The van der Waals surface area contributed by atoms with Crippen molar-refractivity contribution in [3.63, 3.8) is 0 Å². The van der Waals surface area contributed by atoms with E-state index in [1.54, 1.807) is 6.92 Å². The number of aromatic nitrogens is 1. The topological polar surface area (TPSA) is 68.3 Å². The number of ether oxygens (including phenoxy) is 1. The summed E-state index contributed by atoms with van der Waals surface area (Å²) in [5.74, 6) is -0.0223. The van der Waals surface area contributed by atoms with E-state index < -0.39 is 0 Å². The number of nitrogens with zero attached hydrogens (tertiary/aromatic N) is 1. The number of hydrogen-bond acceptors (Lipinski definition) is 5. The molecule has 2 aromatic heterocycles. The van der Waals surface area contributed by atoms with Gasteiger partial charge in [0.1, 0.15) is 5.00 Å². The zero-order chi connectivity index (χ0) is 25.2. The largest absolute Gasteiger partial charge is 0.462 e. The molecule has 0 bridgehead atoms.